The van der Waals surface area contributed by atoms with Crippen LogP contribution in [0.15, 0.2) is 48.5 Å². The lowest BCUT2D eigenvalue weighted by Gasteiger charge is -2.12. The highest BCUT2D eigenvalue weighted by molar-refractivity contribution is 6.04. The van der Waals surface area contributed by atoms with Crippen LogP contribution >= 0.6 is 0 Å². The molecule has 1 aliphatic rings. The first-order valence-electron chi connectivity index (χ1n) is 13.4. The Kier molecular flexibility index (Phi) is 6.98. The fourth-order valence-corrected chi connectivity index (χ4v) is 5.79. The van der Waals surface area contributed by atoms with E-state index in [9.17, 15) is 14.3 Å². The number of aromatic nitrogens is 3. The van der Waals surface area contributed by atoms with Gasteiger partial charge in [0.15, 0.2) is 0 Å². The number of rotatable bonds is 6. The Morgan fingerprint density at radius 1 is 1.12 bits per heavy atom. The normalized spacial score (nSPS) is 13.8. The second-order valence-corrected chi connectivity index (χ2v) is 10.1. The Labute approximate surface area is 229 Å². The standard InChI is InChI=1S/C31H29F2N3O4/c1-18-27-25(35-34-18)17-39-14-3-2-13-36-29-23(11-12-24(33)28(27)29)22(30(36)31(37)38)7-5-15-40-26-8-4-6-19-16-20(32)9-10-21(19)26/h4,6,8-12,16H,2-3,5,7,13-15,17H2,1H3,(H,34,35)(H,37,38). The van der Waals surface area contributed by atoms with Crippen molar-refractivity contribution in [2.45, 2.75) is 45.8 Å². The van der Waals surface area contributed by atoms with Crippen molar-refractivity contribution >= 4 is 27.6 Å². The lowest BCUT2D eigenvalue weighted by molar-refractivity contribution is 0.0683. The molecule has 0 aliphatic carbocycles. The molecule has 6 rings (SSSR count). The Morgan fingerprint density at radius 2 is 1.98 bits per heavy atom. The molecule has 0 atom stereocenters. The molecule has 5 aromatic rings. The fraction of sp³-hybridized carbons (Fsp3) is 0.290. The second-order valence-electron chi connectivity index (χ2n) is 10.1. The molecule has 0 amide bonds. The van der Waals surface area contributed by atoms with Gasteiger partial charge in [-0.25, -0.2) is 13.6 Å². The van der Waals surface area contributed by atoms with Crippen LogP contribution in [0.1, 0.15) is 46.7 Å². The molecule has 2 aromatic heterocycles. The van der Waals surface area contributed by atoms with Crippen LogP contribution in [0.3, 0.4) is 0 Å². The van der Waals surface area contributed by atoms with Crippen molar-refractivity contribution in [2.24, 2.45) is 0 Å². The molecular formula is C31H29F2N3O4. The third kappa shape index (κ3) is 4.60. The van der Waals surface area contributed by atoms with Gasteiger partial charge in [0.2, 0.25) is 0 Å². The summed E-state index contributed by atoms with van der Waals surface area (Å²) in [6.07, 6.45) is 2.39. The van der Waals surface area contributed by atoms with E-state index >= 15 is 4.39 Å². The van der Waals surface area contributed by atoms with Crippen LogP contribution in [0, 0.1) is 18.6 Å². The van der Waals surface area contributed by atoms with Crippen LogP contribution in [0.5, 0.6) is 5.75 Å². The molecule has 0 spiro atoms. The largest absolute Gasteiger partial charge is 0.493 e. The summed E-state index contributed by atoms with van der Waals surface area (Å²) in [5, 5.41) is 19.9. The Morgan fingerprint density at radius 3 is 2.83 bits per heavy atom. The number of fused-ring (bicyclic) bond motifs is 3. The van der Waals surface area contributed by atoms with E-state index in [2.05, 4.69) is 10.2 Å². The minimum absolute atomic E-state index is 0.172. The topological polar surface area (TPSA) is 89.4 Å². The number of hydrogen-bond donors (Lipinski definition) is 2. The highest BCUT2D eigenvalue weighted by atomic mass is 19.1. The lowest BCUT2D eigenvalue weighted by atomic mass is 9.97. The van der Waals surface area contributed by atoms with E-state index in [4.69, 9.17) is 9.47 Å². The predicted molar refractivity (Wildman–Crippen MR) is 148 cm³/mol. The van der Waals surface area contributed by atoms with Crippen LogP contribution in [0.2, 0.25) is 0 Å². The summed E-state index contributed by atoms with van der Waals surface area (Å²) >= 11 is 0. The van der Waals surface area contributed by atoms with E-state index in [-0.39, 0.29) is 18.1 Å². The van der Waals surface area contributed by atoms with Crippen molar-refractivity contribution in [1.82, 2.24) is 14.8 Å². The minimum atomic E-state index is -1.05. The summed E-state index contributed by atoms with van der Waals surface area (Å²) < 4.78 is 42.9. The van der Waals surface area contributed by atoms with Gasteiger partial charge in [0.25, 0.3) is 0 Å². The van der Waals surface area contributed by atoms with Gasteiger partial charge in [-0.1, -0.05) is 12.1 Å². The average Bonchev–Trinajstić information content (AvgIpc) is 3.44. The molecular weight excluding hydrogens is 516 g/mol. The summed E-state index contributed by atoms with van der Waals surface area (Å²) in [5.74, 6) is -1.16. The summed E-state index contributed by atoms with van der Waals surface area (Å²) in [4.78, 5) is 12.7. The number of carboxylic acids is 1. The van der Waals surface area contributed by atoms with Crippen molar-refractivity contribution < 1.29 is 28.2 Å². The van der Waals surface area contributed by atoms with Crippen molar-refractivity contribution in [2.75, 3.05) is 13.2 Å². The molecule has 0 saturated heterocycles. The highest BCUT2D eigenvalue weighted by Gasteiger charge is 2.28. The molecule has 0 unspecified atom stereocenters. The van der Waals surface area contributed by atoms with Gasteiger partial charge in [-0.2, -0.15) is 5.10 Å². The van der Waals surface area contributed by atoms with E-state index in [0.29, 0.717) is 83.8 Å². The van der Waals surface area contributed by atoms with E-state index in [1.165, 1.54) is 18.2 Å². The molecule has 7 nitrogen and oxygen atoms in total. The van der Waals surface area contributed by atoms with Gasteiger partial charge in [-0.05, 0) is 80.0 Å². The van der Waals surface area contributed by atoms with Gasteiger partial charge < -0.3 is 19.1 Å². The Bertz CT molecular complexity index is 1740. The van der Waals surface area contributed by atoms with Gasteiger partial charge in [0.1, 0.15) is 23.1 Å². The molecule has 40 heavy (non-hydrogen) atoms. The monoisotopic (exact) mass is 545 g/mol. The zero-order valence-corrected chi connectivity index (χ0v) is 22.1. The fourth-order valence-electron chi connectivity index (χ4n) is 5.79. The SMILES string of the molecule is Cc1[nH]nc2c1-c1c(F)ccc3c(CCCOc4cccc5cc(F)ccc45)c(C(=O)O)n(c13)CCCCOC2. The third-order valence-electron chi connectivity index (χ3n) is 7.54. The second kappa shape index (κ2) is 10.7. The zero-order valence-electron chi connectivity index (χ0n) is 22.1. The summed E-state index contributed by atoms with van der Waals surface area (Å²) in [5.41, 5.74) is 3.64. The van der Waals surface area contributed by atoms with E-state index in [1.807, 2.05) is 25.1 Å². The number of aromatic amines is 1. The molecule has 0 fully saturated rings. The van der Waals surface area contributed by atoms with Crippen molar-refractivity contribution in [3.63, 3.8) is 0 Å². The van der Waals surface area contributed by atoms with Crippen molar-refractivity contribution in [1.29, 1.82) is 0 Å². The van der Waals surface area contributed by atoms with E-state index in [0.717, 1.165) is 17.2 Å². The Hall–Kier alpha value is -4.24. The first-order chi connectivity index (χ1) is 19.4. The van der Waals surface area contributed by atoms with Crippen LogP contribution in [-0.2, 0) is 24.3 Å². The molecule has 1 aliphatic heterocycles. The van der Waals surface area contributed by atoms with Gasteiger partial charge in [-0.15, -0.1) is 0 Å². The molecule has 0 radical (unpaired) electrons. The summed E-state index contributed by atoms with van der Waals surface area (Å²) in [6.45, 7) is 3.33. The lowest BCUT2D eigenvalue weighted by Crippen LogP contribution is -2.12. The number of nitrogens with one attached hydrogen (secondary N) is 1. The van der Waals surface area contributed by atoms with E-state index in [1.54, 1.807) is 16.7 Å². The molecule has 0 bridgehead atoms. The van der Waals surface area contributed by atoms with Crippen LogP contribution in [0.4, 0.5) is 8.78 Å². The highest BCUT2D eigenvalue weighted by Crippen LogP contribution is 2.40. The molecule has 2 N–H and O–H groups in total. The Balaban J connectivity index is 1.39. The predicted octanol–water partition coefficient (Wildman–Crippen LogP) is 6.79. The number of nitrogens with zero attached hydrogens (tertiary/aromatic N) is 2. The maximum absolute atomic E-state index is 15.6. The van der Waals surface area contributed by atoms with Crippen LogP contribution in [0.25, 0.3) is 32.8 Å². The smallest absolute Gasteiger partial charge is 0.352 e. The third-order valence-corrected chi connectivity index (χ3v) is 7.54. The number of halogens is 2. The van der Waals surface area contributed by atoms with Crippen molar-refractivity contribution in [3.05, 3.63) is 82.8 Å². The summed E-state index contributed by atoms with van der Waals surface area (Å²) in [7, 11) is 0. The number of H-pyrrole nitrogens is 1. The number of hydrogen-bond acceptors (Lipinski definition) is 4. The van der Waals surface area contributed by atoms with Gasteiger partial charge in [-0.3, -0.25) is 5.10 Å². The quantitative estimate of drug-likeness (QED) is 0.229. The number of aromatic carboxylic acids is 1. The summed E-state index contributed by atoms with van der Waals surface area (Å²) in [6, 6.07) is 13.1. The molecule has 3 heterocycles. The molecule has 0 saturated carbocycles. The minimum Gasteiger partial charge on any atom is -0.493 e. The number of carbonyl (C=O) groups is 1. The van der Waals surface area contributed by atoms with Gasteiger partial charge in [0.05, 0.1) is 24.4 Å². The molecule has 3 aromatic carbocycles. The van der Waals surface area contributed by atoms with Gasteiger partial charge >= 0.3 is 5.97 Å². The number of aryl methyl sites for hydroxylation is 3. The maximum atomic E-state index is 15.6. The maximum Gasteiger partial charge on any atom is 0.352 e. The first kappa shape index (κ1) is 26.0. The first-order valence-corrected chi connectivity index (χ1v) is 13.4. The van der Waals surface area contributed by atoms with E-state index < -0.39 is 11.8 Å². The van der Waals surface area contributed by atoms with Crippen LogP contribution in [-0.4, -0.2) is 39.1 Å². The van der Waals surface area contributed by atoms with Gasteiger partial charge in [0, 0.05) is 40.7 Å². The number of ether oxygens (including phenoxy) is 2. The molecule has 9 heteroatoms. The zero-order chi connectivity index (χ0) is 27.8. The van der Waals surface area contributed by atoms with Crippen LogP contribution < -0.4 is 4.74 Å². The van der Waals surface area contributed by atoms with Crippen molar-refractivity contribution in [3.8, 4) is 16.9 Å². The number of carboxylic acid groups (broad SMARTS) is 1. The average molecular weight is 546 g/mol. The molecule has 206 valence electrons. The number of benzene rings is 3.